The van der Waals surface area contributed by atoms with Crippen LogP contribution in [0.25, 0.3) is 0 Å². The zero-order chi connectivity index (χ0) is 9.69. The average Bonchev–Trinajstić information content (AvgIpc) is 2.53. The maximum atomic E-state index is 13.5. The molecule has 70 valence electrons. The molecule has 1 aliphatic rings. The summed E-state index contributed by atoms with van der Waals surface area (Å²) < 4.78 is 39.1. The molecule has 5 heteroatoms. The Balaban J connectivity index is 2.44. The molecule has 0 bridgehead atoms. The van der Waals surface area contributed by atoms with Crippen LogP contribution in [0.15, 0.2) is 28.7 Å². The van der Waals surface area contributed by atoms with Gasteiger partial charge >= 0.3 is 5.25 Å². The lowest BCUT2D eigenvalue weighted by Crippen LogP contribution is -2.10. The summed E-state index contributed by atoms with van der Waals surface area (Å²) in [5.41, 5.74) is 0.00463. The van der Waals surface area contributed by atoms with E-state index in [9.17, 15) is 13.2 Å². The molecule has 1 aromatic carbocycles. The van der Waals surface area contributed by atoms with Crippen molar-refractivity contribution in [2.24, 2.45) is 0 Å². The predicted octanol–water partition coefficient (Wildman–Crippen LogP) is 3.91. The Hall–Kier alpha value is -0.160. The molecule has 13 heavy (non-hydrogen) atoms. The van der Waals surface area contributed by atoms with Crippen molar-refractivity contribution in [2.75, 3.05) is 0 Å². The van der Waals surface area contributed by atoms with Gasteiger partial charge in [-0.1, -0.05) is 34.1 Å². The van der Waals surface area contributed by atoms with Crippen LogP contribution >= 0.6 is 27.7 Å². The molecular formula is C8H4BrF3S. The lowest BCUT2D eigenvalue weighted by molar-refractivity contribution is 0.0467. The van der Waals surface area contributed by atoms with Gasteiger partial charge in [-0.3, -0.25) is 0 Å². The van der Waals surface area contributed by atoms with Crippen LogP contribution in [-0.4, -0.2) is 5.25 Å². The van der Waals surface area contributed by atoms with Gasteiger partial charge in [0, 0.05) is 10.0 Å². The van der Waals surface area contributed by atoms with Crippen molar-refractivity contribution < 1.29 is 13.2 Å². The summed E-state index contributed by atoms with van der Waals surface area (Å²) in [6, 6.07) is 6.10. The molecule has 1 heterocycles. The monoisotopic (exact) mass is 268 g/mol. The summed E-state index contributed by atoms with van der Waals surface area (Å²) in [6.45, 7) is 0. The highest BCUT2D eigenvalue weighted by molar-refractivity contribution is 9.10. The van der Waals surface area contributed by atoms with Crippen LogP contribution in [0.3, 0.4) is 0 Å². The molecule has 0 N–H and O–H groups in total. The molecule has 0 radical (unpaired) electrons. The van der Waals surface area contributed by atoms with E-state index in [1.54, 1.807) is 12.1 Å². The highest BCUT2D eigenvalue weighted by Crippen LogP contribution is 2.73. The van der Waals surface area contributed by atoms with Crippen LogP contribution in [0.2, 0.25) is 0 Å². The smallest absolute Gasteiger partial charge is 0.218 e. The third-order valence-corrected chi connectivity index (χ3v) is 3.60. The van der Waals surface area contributed by atoms with Gasteiger partial charge in [-0.25, -0.2) is 4.39 Å². The highest BCUT2D eigenvalue weighted by Gasteiger charge is 2.76. The normalized spacial score (nSPS) is 30.2. The first kappa shape index (κ1) is 9.40. The Morgan fingerprint density at radius 3 is 2.15 bits per heavy atom. The first-order chi connectivity index (χ1) is 5.97. The molecule has 0 amide bonds. The average molecular weight is 269 g/mol. The first-order valence-corrected chi connectivity index (χ1v) is 5.10. The van der Waals surface area contributed by atoms with Crippen molar-refractivity contribution in [2.45, 2.75) is 10.3 Å². The zero-order valence-corrected chi connectivity index (χ0v) is 8.63. The summed E-state index contributed by atoms with van der Waals surface area (Å²) in [7, 11) is 0. The molecule has 0 spiro atoms. The van der Waals surface area contributed by atoms with Gasteiger partial charge in [0.25, 0.3) is 5.00 Å². The molecule has 1 aliphatic heterocycles. The van der Waals surface area contributed by atoms with Crippen molar-refractivity contribution in [1.29, 1.82) is 0 Å². The van der Waals surface area contributed by atoms with Crippen LogP contribution in [-0.2, 0) is 5.00 Å². The molecule has 0 aliphatic carbocycles. The highest BCUT2D eigenvalue weighted by atomic mass is 79.9. The molecule has 0 aromatic heterocycles. The fourth-order valence-corrected chi connectivity index (χ4v) is 2.47. The fourth-order valence-electron chi connectivity index (χ4n) is 1.08. The standard InChI is InChI=1S/C8H4BrF3S/c9-6-4-2-1-3-5(6)7(10)8(11,12)13-7/h1-4H. The van der Waals surface area contributed by atoms with E-state index in [4.69, 9.17) is 0 Å². The molecular weight excluding hydrogens is 265 g/mol. The maximum Gasteiger partial charge on any atom is 0.344 e. The fraction of sp³-hybridized carbons (Fsp3) is 0.250. The van der Waals surface area contributed by atoms with Gasteiger partial charge < -0.3 is 0 Å². The number of hydrogen-bond donors (Lipinski definition) is 0. The van der Waals surface area contributed by atoms with E-state index >= 15 is 0 Å². The molecule has 1 saturated heterocycles. The van der Waals surface area contributed by atoms with E-state index in [0.717, 1.165) is 0 Å². The Morgan fingerprint density at radius 1 is 1.15 bits per heavy atom. The summed E-state index contributed by atoms with van der Waals surface area (Å²) in [5.74, 6) is 0. The van der Waals surface area contributed by atoms with Crippen LogP contribution in [0.1, 0.15) is 5.56 Å². The van der Waals surface area contributed by atoms with Gasteiger partial charge in [-0.05, 0) is 17.8 Å². The maximum absolute atomic E-state index is 13.5. The minimum atomic E-state index is -3.28. The molecule has 1 atom stereocenters. The lowest BCUT2D eigenvalue weighted by atomic mass is 10.1. The Morgan fingerprint density at radius 2 is 1.69 bits per heavy atom. The summed E-state index contributed by atoms with van der Waals surface area (Å²) in [4.78, 5) is 0. The first-order valence-electron chi connectivity index (χ1n) is 3.49. The van der Waals surface area contributed by atoms with Crippen LogP contribution in [0, 0.1) is 0 Å². The topological polar surface area (TPSA) is 0 Å². The second-order valence-corrected chi connectivity index (χ2v) is 4.83. The quantitative estimate of drug-likeness (QED) is 0.696. The number of alkyl halides is 3. The van der Waals surface area contributed by atoms with E-state index in [-0.39, 0.29) is 17.3 Å². The van der Waals surface area contributed by atoms with E-state index in [0.29, 0.717) is 4.47 Å². The van der Waals surface area contributed by atoms with E-state index in [1.165, 1.54) is 12.1 Å². The summed E-state index contributed by atoms with van der Waals surface area (Å²) >= 11 is 3.07. The number of halogens is 4. The van der Waals surface area contributed by atoms with Crippen molar-refractivity contribution >= 4 is 27.7 Å². The zero-order valence-electron chi connectivity index (χ0n) is 6.23. The number of hydrogen-bond acceptors (Lipinski definition) is 1. The van der Waals surface area contributed by atoms with Crippen LogP contribution < -0.4 is 0 Å². The van der Waals surface area contributed by atoms with Crippen LogP contribution in [0.5, 0.6) is 0 Å². The Labute approximate surface area is 85.6 Å². The van der Waals surface area contributed by atoms with Gasteiger partial charge in [0.1, 0.15) is 0 Å². The van der Waals surface area contributed by atoms with Gasteiger partial charge in [-0.15, -0.1) is 0 Å². The van der Waals surface area contributed by atoms with Gasteiger partial charge in [0.05, 0.1) is 0 Å². The third kappa shape index (κ3) is 1.29. The summed E-state index contributed by atoms with van der Waals surface area (Å²) in [6.07, 6.45) is 0. The molecule has 0 saturated carbocycles. The SMILES string of the molecule is FC1(F)SC1(F)c1ccccc1Br. The number of benzene rings is 1. The molecule has 0 nitrogen and oxygen atoms in total. The second-order valence-electron chi connectivity index (χ2n) is 2.69. The van der Waals surface area contributed by atoms with Crippen LogP contribution in [0.4, 0.5) is 13.2 Å². The minimum absolute atomic E-state index is 0.00463. The Bertz CT molecular complexity index is 355. The van der Waals surface area contributed by atoms with Gasteiger partial charge in [-0.2, -0.15) is 8.78 Å². The number of rotatable bonds is 1. The third-order valence-electron chi connectivity index (χ3n) is 1.82. The molecule has 2 rings (SSSR count). The molecule has 1 unspecified atom stereocenters. The second kappa shape index (κ2) is 2.67. The predicted molar refractivity (Wildman–Crippen MR) is 49.5 cm³/mol. The van der Waals surface area contributed by atoms with Gasteiger partial charge in [0.2, 0.25) is 0 Å². The molecule has 1 aromatic rings. The minimum Gasteiger partial charge on any atom is -0.218 e. The van der Waals surface area contributed by atoms with Crippen molar-refractivity contribution in [3.8, 4) is 0 Å². The van der Waals surface area contributed by atoms with Gasteiger partial charge in [0.15, 0.2) is 0 Å². The van der Waals surface area contributed by atoms with Crippen molar-refractivity contribution in [1.82, 2.24) is 0 Å². The molecule has 1 fully saturated rings. The van der Waals surface area contributed by atoms with Crippen molar-refractivity contribution in [3.63, 3.8) is 0 Å². The van der Waals surface area contributed by atoms with E-state index < -0.39 is 10.3 Å². The van der Waals surface area contributed by atoms with Crippen molar-refractivity contribution in [3.05, 3.63) is 34.3 Å². The van der Waals surface area contributed by atoms with E-state index in [1.807, 2.05) is 0 Å². The summed E-state index contributed by atoms with van der Waals surface area (Å²) in [5, 5.41) is -5.82. The lowest BCUT2D eigenvalue weighted by Gasteiger charge is -2.06. The Kier molecular flexibility index (Phi) is 1.93. The number of thioether (sulfide) groups is 1. The van der Waals surface area contributed by atoms with E-state index in [2.05, 4.69) is 15.9 Å². The largest absolute Gasteiger partial charge is 0.344 e.